The Kier molecular flexibility index (Phi) is 6.71. The molecule has 0 aliphatic carbocycles. The van der Waals surface area contributed by atoms with Gasteiger partial charge in [0.05, 0.1) is 30.6 Å². The first-order valence-electron chi connectivity index (χ1n) is 12.4. The van der Waals surface area contributed by atoms with Crippen LogP contribution in [0.15, 0.2) is 91.1 Å². The summed E-state index contributed by atoms with van der Waals surface area (Å²) in [5.41, 5.74) is 5.88. The van der Waals surface area contributed by atoms with Gasteiger partial charge in [-0.15, -0.1) is 0 Å². The number of rotatable bonds is 5. The molecule has 0 bridgehead atoms. The van der Waals surface area contributed by atoms with Gasteiger partial charge in [0.15, 0.2) is 0 Å². The number of pyridine rings is 2. The van der Waals surface area contributed by atoms with Gasteiger partial charge in [-0.3, -0.25) is 9.78 Å². The highest BCUT2D eigenvalue weighted by atomic mass is 32.2. The Morgan fingerprint density at radius 1 is 0.973 bits per heavy atom. The zero-order valence-electron chi connectivity index (χ0n) is 20.8. The van der Waals surface area contributed by atoms with Crippen LogP contribution in [0, 0.1) is 6.92 Å². The first-order chi connectivity index (χ1) is 18.0. The van der Waals surface area contributed by atoms with Gasteiger partial charge in [0.1, 0.15) is 0 Å². The first kappa shape index (κ1) is 24.2. The molecule has 2 aromatic carbocycles. The molecule has 2 aliphatic heterocycles. The van der Waals surface area contributed by atoms with Gasteiger partial charge in [0.2, 0.25) is 5.56 Å². The summed E-state index contributed by atoms with van der Waals surface area (Å²) in [6.07, 6.45) is 0. The summed E-state index contributed by atoms with van der Waals surface area (Å²) in [5, 5.41) is 3.60. The van der Waals surface area contributed by atoms with Gasteiger partial charge in [-0.05, 0) is 56.3 Å². The molecule has 2 aromatic heterocycles. The molecule has 4 heterocycles. The number of morpholine rings is 1. The van der Waals surface area contributed by atoms with E-state index in [2.05, 4.69) is 75.6 Å². The average molecular weight is 529 g/mol. The molecule has 1 atom stereocenters. The fourth-order valence-corrected chi connectivity index (χ4v) is 7.12. The third-order valence-corrected chi connectivity index (χ3v) is 9.18. The van der Waals surface area contributed by atoms with E-state index in [1.807, 2.05) is 19.1 Å². The summed E-state index contributed by atoms with van der Waals surface area (Å²) in [6.45, 7) is 7.11. The maximum Gasteiger partial charge on any atom is 0.250 e. The minimum atomic E-state index is -0.0848. The predicted molar refractivity (Wildman–Crippen MR) is 151 cm³/mol. The SMILES string of the molecule is Cc1cccc(C(C)Nc2ccc3c(c2)Sc2cccc(-c4cc(N5CCOCC5)cc(=O)[nH]4)c2S3)n1. The predicted octanol–water partition coefficient (Wildman–Crippen LogP) is 6.37. The molecule has 6 nitrogen and oxygen atoms in total. The third-order valence-electron chi connectivity index (χ3n) is 6.59. The van der Waals surface area contributed by atoms with Crippen LogP contribution in [0.3, 0.4) is 0 Å². The van der Waals surface area contributed by atoms with E-state index in [1.54, 1.807) is 29.6 Å². The number of aromatic nitrogens is 2. The molecule has 1 fully saturated rings. The Morgan fingerprint density at radius 2 is 1.81 bits per heavy atom. The van der Waals surface area contributed by atoms with Crippen LogP contribution in [0.2, 0.25) is 0 Å². The largest absolute Gasteiger partial charge is 0.378 e. The molecule has 1 saturated heterocycles. The summed E-state index contributed by atoms with van der Waals surface area (Å²) in [5.74, 6) is 0. The van der Waals surface area contributed by atoms with Crippen molar-refractivity contribution in [1.29, 1.82) is 0 Å². The zero-order valence-corrected chi connectivity index (χ0v) is 22.4. The summed E-state index contributed by atoms with van der Waals surface area (Å²) >= 11 is 3.53. The van der Waals surface area contributed by atoms with Crippen LogP contribution in [0.4, 0.5) is 11.4 Å². The molecule has 0 amide bonds. The van der Waals surface area contributed by atoms with Gasteiger partial charge in [-0.2, -0.15) is 0 Å². The average Bonchev–Trinajstić information content (AvgIpc) is 2.91. The van der Waals surface area contributed by atoms with E-state index in [0.29, 0.717) is 13.2 Å². The smallest absolute Gasteiger partial charge is 0.250 e. The molecule has 1 unspecified atom stereocenters. The van der Waals surface area contributed by atoms with Crippen LogP contribution in [0.5, 0.6) is 0 Å². The molecular formula is C29H28N4O2S2. The maximum atomic E-state index is 12.6. The molecule has 2 aliphatic rings. The number of ether oxygens (including phenoxy) is 1. The lowest BCUT2D eigenvalue weighted by atomic mass is 10.1. The number of nitrogens with one attached hydrogen (secondary N) is 2. The van der Waals surface area contributed by atoms with Crippen LogP contribution in [0.25, 0.3) is 11.3 Å². The van der Waals surface area contributed by atoms with E-state index in [0.717, 1.165) is 47.1 Å². The molecule has 4 aromatic rings. The fourth-order valence-electron chi connectivity index (χ4n) is 4.71. The number of H-pyrrole nitrogens is 1. The van der Waals surface area contributed by atoms with Gasteiger partial charge in [-0.25, -0.2) is 0 Å². The first-order valence-corrected chi connectivity index (χ1v) is 14.1. The number of nitrogens with zero attached hydrogens (tertiary/aromatic N) is 2. The Morgan fingerprint density at radius 3 is 2.65 bits per heavy atom. The Labute approximate surface area is 224 Å². The van der Waals surface area contributed by atoms with Crippen molar-refractivity contribution < 1.29 is 4.74 Å². The van der Waals surface area contributed by atoms with Crippen LogP contribution < -0.4 is 15.8 Å². The Bertz CT molecular complexity index is 1510. The van der Waals surface area contributed by atoms with E-state index in [9.17, 15) is 4.79 Å². The van der Waals surface area contributed by atoms with Gasteiger partial charge in [0, 0.05) is 61.4 Å². The summed E-state index contributed by atoms with van der Waals surface area (Å²) in [4.78, 5) is 27.4. The van der Waals surface area contributed by atoms with Gasteiger partial charge >= 0.3 is 0 Å². The standard InChI is InChI=1S/C29H28N4O2S2/c1-18-5-3-7-23(30-18)19(2)31-20-9-10-25-27(15-20)36-26-8-4-6-22(29(26)37-25)24-16-21(17-28(34)32-24)33-11-13-35-14-12-33/h3-10,15-17,19,31H,11-14H2,1-2H3,(H,32,34). The van der Waals surface area contributed by atoms with Crippen molar-refractivity contribution >= 4 is 34.9 Å². The van der Waals surface area contributed by atoms with E-state index in [1.165, 1.54) is 19.6 Å². The highest BCUT2D eigenvalue weighted by molar-refractivity contribution is 8.05. The maximum absolute atomic E-state index is 12.6. The molecule has 188 valence electrons. The second-order valence-corrected chi connectivity index (χ2v) is 11.4. The van der Waals surface area contributed by atoms with Crippen molar-refractivity contribution in [2.45, 2.75) is 39.5 Å². The molecule has 6 rings (SSSR count). The van der Waals surface area contributed by atoms with Crippen LogP contribution >= 0.6 is 23.5 Å². The summed E-state index contributed by atoms with van der Waals surface area (Å²) in [7, 11) is 0. The normalized spacial score (nSPS) is 15.6. The van der Waals surface area contributed by atoms with E-state index in [-0.39, 0.29) is 11.6 Å². The number of fused-ring (bicyclic) bond motifs is 2. The molecule has 0 radical (unpaired) electrons. The van der Waals surface area contributed by atoms with E-state index >= 15 is 0 Å². The lowest BCUT2D eigenvalue weighted by Crippen LogP contribution is -2.36. The highest BCUT2D eigenvalue weighted by Gasteiger charge is 2.22. The monoisotopic (exact) mass is 528 g/mol. The van der Waals surface area contributed by atoms with Crippen LogP contribution in [0.1, 0.15) is 24.4 Å². The second-order valence-electron chi connectivity index (χ2n) is 9.28. The Hall–Kier alpha value is -3.20. The number of benzene rings is 2. The number of aryl methyl sites for hydroxylation is 1. The van der Waals surface area contributed by atoms with Crippen molar-refractivity contribution in [2.24, 2.45) is 0 Å². The van der Waals surface area contributed by atoms with E-state index in [4.69, 9.17) is 4.74 Å². The Balaban J connectivity index is 1.27. The molecule has 8 heteroatoms. The summed E-state index contributed by atoms with van der Waals surface area (Å²) < 4.78 is 5.49. The molecule has 37 heavy (non-hydrogen) atoms. The van der Waals surface area contributed by atoms with Crippen molar-refractivity contribution in [2.75, 3.05) is 36.5 Å². The van der Waals surface area contributed by atoms with Gasteiger partial charge < -0.3 is 19.9 Å². The fraction of sp³-hybridized carbons (Fsp3) is 0.241. The number of hydrogen-bond acceptors (Lipinski definition) is 7. The number of hydrogen-bond donors (Lipinski definition) is 2. The molecule has 0 spiro atoms. The van der Waals surface area contributed by atoms with Crippen molar-refractivity contribution in [1.82, 2.24) is 9.97 Å². The molecular weight excluding hydrogens is 500 g/mol. The van der Waals surface area contributed by atoms with Crippen LogP contribution in [-0.4, -0.2) is 36.3 Å². The van der Waals surface area contributed by atoms with Crippen molar-refractivity contribution in [3.05, 3.63) is 88.5 Å². The lowest BCUT2D eigenvalue weighted by molar-refractivity contribution is 0.122. The van der Waals surface area contributed by atoms with E-state index < -0.39 is 0 Å². The van der Waals surface area contributed by atoms with Gasteiger partial charge in [0.25, 0.3) is 0 Å². The topological polar surface area (TPSA) is 70.2 Å². The zero-order chi connectivity index (χ0) is 25.4. The third kappa shape index (κ3) is 5.14. The van der Waals surface area contributed by atoms with Crippen molar-refractivity contribution in [3.8, 4) is 11.3 Å². The summed E-state index contributed by atoms with van der Waals surface area (Å²) in [6, 6.07) is 22.9. The number of anilines is 2. The van der Waals surface area contributed by atoms with Crippen LogP contribution in [-0.2, 0) is 4.74 Å². The van der Waals surface area contributed by atoms with Gasteiger partial charge in [-0.1, -0.05) is 41.7 Å². The second kappa shape index (κ2) is 10.3. The quantitative estimate of drug-likeness (QED) is 0.275. The minimum Gasteiger partial charge on any atom is -0.378 e. The highest BCUT2D eigenvalue weighted by Crippen LogP contribution is 2.52. The minimum absolute atomic E-state index is 0.0848. The number of aromatic amines is 1. The lowest BCUT2D eigenvalue weighted by Gasteiger charge is -2.29. The molecule has 0 saturated carbocycles. The van der Waals surface area contributed by atoms with Crippen molar-refractivity contribution in [3.63, 3.8) is 0 Å². The molecule has 2 N–H and O–H groups in total.